The van der Waals surface area contributed by atoms with Gasteiger partial charge in [-0.05, 0) is 29.5 Å². The predicted octanol–water partition coefficient (Wildman–Crippen LogP) is 3.17. The van der Waals surface area contributed by atoms with Gasteiger partial charge in [0.1, 0.15) is 5.75 Å². The molecule has 1 aromatic carbocycles. The molecule has 0 aliphatic heterocycles. The Kier molecular flexibility index (Phi) is 6.35. The summed E-state index contributed by atoms with van der Waals surface area (Å²) in [7, 11) is 1.63. The van der Waals surface area contributed by atoms with Gasteiger partial charge in [-0.3, -0.25) is 4.79 Å². The number of alkyl halides is 1. The fourth-order valence-corrected chi connectivity index (χ4v) is 2.79. The largest absolute Gasteiger partial charge is 0.497 e. The molecule has 0 atom stereocenters. The second kappa shape index (κ2) is 7.53. The van der Waals surface area contributed by atoms with Crippen LogP contribution in [0.25, 0.3) is 0 Å². The number of hydrogen-bond acceptors (Lipinski definition) is 2. The number of hydrogen-bond donors (Lipinski definition) is 1. The zero-order valence-corrected chi connectivity index (χ0v) is 13.4. The Morgan fingerprint density at radius 1 is 1.42 bits per heavy atom. The molecule has 0 saturated heterocycles. The van der Waals surface area contributed by atoms with Crippen LogP contribution in [0, 0.1) is 5.41 Å². The molecular weight excluding hydrogens is 306 g/mol. The maximum Gasteiger partial charge on any atom is 0.224 e. The average molecular weight is 328 g/mol. The first kappa shape index (κ1) is 16.0. The molecule has 1 aromatic rings. The second-order valence-electron chi connectivity index (χ2n) is 5.41. The van der Waals surface area contributed by atoms with Gasteiger partial charge in [-0.2, -0.15) is 0 Å². The predicted molar refractivity (Wildman–Crippen MR) is 81.9 cm³/mol. The first-order chi connectivity index (χ1) is 8.96. The Bertz CT molecular complexity index is 418. The number of carbonyl (C=O) groups is 1. The number of rotatable bonds is 7. The van der Waals surface area contributed by atoms with Crippen LogP contribution < -0.4 is 10.1 Å². The van der Waals surface area contributed by atoms with Gasteiger partial charge in [-0.1, -0.05) is 41.9 Å². The van der Waals surface area contributed by atoms with Gasteiger partial charge < -0.3 is 10.1 Å². The third-order valence-corrected chi connectivity index (χ3v) is 3.43. The van der Waals surface area contributed by atoms with Crippen LogP contribution in [0.4, 0.5) is 0 Å². The van der Waals surface area contributed by atoms with E-state index in [0.29, 0.717) is 13.0 Å². The van der Waals surface area contributed by atoms with Crippen molar-refractivity contribution in [3.8, 4) is 5.75 Å². The smallest absolute Gasteiger partial charge is 0.224 e. The third-order valence-electron chi connectivity index (χ3n) is 3.03. The first-order valence-electron chi connectivity index (χ1n) is 6.42. The maximum atomic E-state index is 11.9. The Morgan fingerprint density at radius 3 is 2.79 bits per heavy atom. The number of carbonyl (C=O) groups excluding carboxylic acids is 1. The Labute approximate surface area is 123 Å². The van der Waals surface area contributed by atoms with E-state index < -0.39 is 0 Å². The Balaban J connectivity index is 2.46. The molecule has 0 bridgehead atoms. The molecule has 0 saturated carbocycles. The molecule has 1 N–H and O–H groups in total. The number of halogens is 1. The van der Waals surface area contributed by atoms with Crippen LogP contribution in [-0.2, 0) is 11.2 Å². The van der Waals surface area contributed by atoms with Crippen LogP contribution in [0.1, 0.15) is 25.8 Å². The van der Waals surface area contributed by atoms with Crippen molar-refractivity contribution in [1.29, 1.82) is 0 Å². The van der Waals surface area contributed by atoms with E-state index in [0.717, 1.165) is 23.1 Å². The molecule has 0 aromatic heterocycles. The van der Waals surface area contributed by atoms with E-state index in [2.05, 4.69) is 35.1 Å². The summed E-state index contributed by atoms with van der Waals surface area (Å²) in [6, 6.07) is 7.60. The van der Waals surface area contributed by atoms with Gasteiger partial charge in [0.25, 0.3) is 0 Å². The third kappa shape index (κ3) is 6.10. The van der Waals surface area contributed by atoms with Gasteiger partial charge in [0.05, 0.1) is 13.5 Å². The summed E-state index contributed by atoms with van der Waals surface area (Å²) >= 11 is 3.44. The summed E-state index contributed by atoms with van der Waals surface area (Å²) in [5, 5.41) is 3.94. The van der Waals surface area contributed by atoms with E-state index in [1.165, 1.54) is 0 Å². The van der Waals surface area contributed by atoms with Crippen LogP contribution in [-0.4, -0.2) is 24.9 Å². The number of benzene rings is 1. The van der Waals surface area contributed by atoms with Crippen LogP contribution in [0.2, 0.25) is 0 Å². The van der Waals surface area contributed by atoms with Crippen LogP contribution in [0.5, 0.6) is 5.75 Å². The minimum atomic E-state index is 0.0518. The lowest BCUT2D eigenvalue weighted by molar-refractivity contribution is -0.120. The zero-order valence-electron chi connectivity index (χ0n) is 11.8. The summed E-state index contributed by atoms with van der Waals surface area (Å²) < 4.78 is 5.15. The number of methoxy groups -OCH3 is 1. The van der Waals surface area contributed by atoms with E-state index in [4.69, 9.17) is 4.74 Å². The molecule has 106 valence electrons. The monoisotopic (exact) mass is 327 g/mol. The van der Waals surface area contributed by atoms with Gasteiger partial charge in [0.2, 0.25) is 5.91 Å². The normalized spacial score (nSPS) is 11.2. The van der Waals surface area contributed by atoms with Gasteiger partial charge >= 0.3 is 0 Å². The lowest BCUT2D eigenvalue weighted by Crippen LogP contribution is -2.35. The number of ether oxygens (including phenoxy) is 1. The second-order valence-corrected chi connectivity index (χ2v) is 6.20. The standard InChI is InChI=1S/C15H22BrNO2/c1-15(2,7-8-16)11-17-14(18)10-12-5-4-6-13(9-12)19-3/h4-6,9H,7-8,10-11H2,1-3H3,(H,17,18). The summed E-state index contributed by atoms with van der Waals surface area (Å²) in [4.78, 5) is 11.9. The van der Waals surface area contributed by atoms with Crippen LogP contribution in [0.15, 0.2) is 24.3 Å². The zero-order chi connectivity index (χ0) is 14.3. The van der Waals surface area contributed by atoms with E-state index in [1.807, 2.05) is 24.3 Å². The van der Waals surface area contributed by atoms with Crippen molar-refractivity contribution < 1.29 is 9.53 Å². The van der Waals surface area contributed by atoms with Crippen molar-refractivity contribution in [2.45, 2.75) is 26.7 Å². The molecule has 1 amide bonds. The number of nitrogens with one attached hydrogen (secondary N) is 1. The highest BCUT2D eigenvalue weighted by atomic mass is 79.9. The highest BCUT2D eigenvalue weighted by Gasteiger charge is 2.17. The summed E-state index contributed by atoms with van der Waals surface area (Å²) in [6.45, 7) is 5.00. The molecule has 1 rings (SSSR count). The molecule has 0 spiro atoms. The summed E-state index contributed by atoms with van der Waals surface area (Å²) in [5.41, 5.74) is 1.09. The van der Waals surface area contributed by atoms with Gasteiger partial charge in [0, 0.05) is 11.9 Å². The van der Waals surface area contributed by atoms with Gasteiger partial charge in [0.15, 0.2) is 0 Å². The molecule has 4 heteroatoms. The molecule has 0 heterocycles. The quantitative estimate of drug-likeness (QED) is 0.781. The molecule has 0 unspecified atom stereocenters. The SMILES string of the molecule is COc1cccc(CC(=O)NCC(C)(C)CCBr)c1. The van der Waals surface area contributed by atoms with Crippen LogP contribution in [0.3, 0.4) is 0 Å². The molecule has 19 heavy (non-hydrogen) atoms. The maximum absolute atomic E-state index is 11.9. The first-order valence-corrected chi connectivity index (χ1v) is 7.54. The van der Waals surface area contributed by atoms with Crippen molar-refractivity contribution in [3.05, 3.63) is 29.8 Å². The molecule has 3 nitrogen and oxygen atoms in total. The van der Waals surface area contributed by atoms with Crippen molar-refractivity contribution in [3.63, 3.8) is 0 Å². The molecular formula is C15H22BrNO2. The lowest BCUT2D eigenvalue weighted by atomic mass is 9.90. The van der Waals surface area contributed by atoms with Gasteiger partial charge in [-0.15, -0.1) is 0 Å². The Hall–Kier alpha value is -1.03. The van der Waals surface area contributed by atoms with Gasteiger partial charge in [-0.25, -0.2) is 0 Å². The molecule has 0 aliphatic rings. The minimum Gasteiger partial charge on any atom is -0.497 e. The topological polar surface area (TPSA) is 38.3 Å². The summed E-state index contributed by atoms with van der Waals surface area (Å²) in [5.74, 6) is 0.834. The highest BCUT2D eigenvalue weighted by molar-refractivity contribution is 9.09. The average Bonchev–Trinajstić information content (AvgIpc) is 2.37. The molecule has 0 aliphatic carbocycles. The highest BCUT2D eigenvalue weighted by Crippen LogP contribution is 2.20. The van der Waals surface area contributed by atoms with Crippen molar-refractivity contribution in [2.75, 3.05) is 19.0 Å². The number of amides is 1. The van der Waals surface area contributed by atoms with Crippen molar-refractivity contribution >= 4 is 21.8 Å². The van der Waals surface area contributed by atoms with E-state index >= 15 is 0 Å². The fourth-order valence-electron chi connectivity index (χ4n) is 1.71. The lowest BCUT2D eigenvalue weighted by Gasteiger charge is -2.23. The van der Waals surface area contributed by atoms with E-state index in [-0.39, 0.29) is 11.3 Å². The molecule has 0 fully saturated rings. The molecule has 0 radical (unpaired) electrons. The Morgan fingerprint density at radius 2 is 2.16 bits per heavy atom. The van der Waals surface area contributed by atoms with Crippen molar-refractivity contribution in [2.24, 2.45) is 5.41 Å². The summed E-state index contributed by atoms with van der Waals surface area (Å²) in [6.07, 6.45) is 1.42. The minimum absolute atomic E-state index is 0.0518. The van der Waals surface area contributed by atoms with Crippen molar-refractivity contribution in [1.82, 2.24) is 5.32 Å². The van der Waals surface area contributed by atoms with Crippen LogP contribution >= 0.6 is 15.9 Å². The fraction of sp³-hybridized carbons (Fsp3) is 0.533. The van der Waals surface area contributed by atoms with E-state index in [9.17, 15) is 4.79 Å². The van der Waals surface area contributed by atoms with E-state index in [1.54, 1.807) is 7.11 Å².